The van der Waals surface area contributed by atoms with Gasteiger partial charge in [-0.1, -0.05) is 17.7 Å². The van der Waals surface area contributed by atoms with E-state index in [1.54, 1.807) is 36.5 Å². The molecule has 3 aromatic rings. The fraction of sp³-hybridized carbons (Fsp3) is 0. The van der Waals surface area contributed by atoms with E-state index in [-0.39, 0.29) is 5.82 Å². The Morgan fingerprint density at radius 3 is 2.75 bits per heavy atom. The molecule has 20 heavy (non-hydrogen) atoms. The third-order valence-electron chi connectivity index (χ3n) is 2.76. The highest BCUT2D eigenvalue weighted by Crippen LogP contribution is 2.28. The Kier molecular flexibility index (Phi) is 3.39. The van der Waals surface area contributed by atoms with Gasteiger partial charge in [0.25, 0.3) is 0 Å². The van der Waals surface area contributed by atoms with Crippen molar-refractivity contribution in [2.75, 3.05) is 0 Å². The lowest BCUT2D eigenvalue weighted by molar-refractivity contribution is 0.628. The summed E-state index contributed by atoms with van der Waals surface area (Å²) in [5.74, 6) is -0.340. The summed E-state index contributed by atoms with van der Waals surface area (Å²) in [6, 6.07) is 13.1. The number of pyridine rings is 1. The number of azo groups is 1. The van der Waals surface area contributed by atoms with Gasteiger partial charge in [0.2, 0.25) is 0 Å². The molecule has 0 aliphatic heterocycles. The van der Waals surface area contributed by atoms with Crippen LogP contribution in [-0.2, 0) is 0 Å². The van der Waals surface area contributed by atoms with Crippen molar-refractivity contribution in [2.45, 2.75) is 0 Å². The van der Waals surface area contributed by atoms with Crippen LogP contribution in [0, 0.1) is 5.82 Å². The predicted octanol–water partition coefficient (Wildman–Crippen LogP) is 5.44. The quantitative estimate of drug-likeness (QED) is 0.577. The molecule has 0 unspecified atom stereocenters. The second-order valence-electron chi connectivity index (χ2n) is 4.17. The van der Waals surface area contributed by atoms with Crippen LogP contribution in [-0.4, -0.2) is 4.98 Å². The van der Waals surface area contributed by atoms with E-state index in [1.807, 2.05) is 6.07 Å². The monoisotopic (exact) mass is 285 g/mol. The molecule has 3 rings (SSSR count). The number of halogens is 2. The van der Waals surface area contributed by atoms with Crippen molar-refractivity contribution < 1.29 is 4.39 Å². The lowest BCUT2D eigenvalue weighted by Crippen LogP contribution is -1.78. The van der Waals surface area contributed by atoms with E-state index in [0.29, 0.717) is 16.4 Å². The second-order valence-corrected chi connectivity index (χ2v) is 4.61. The van der Waals surface area contributed by atoms with E-state index in [9.17, 15) is 4.39 Å². The molecule has 0 fully saturated rings. The summed E-state index contributed by atoms with van der Waals surface area (Å²) >= 11 is 5.93. The minimum atomic E-state index is -0.340. The summed E-state index contributed by atoms with van der Waals surface area (Å²) in [7, 11) is 0. The molecule has 1 heterocycles. The largest absolute Gasteiger partial charge is 0.256 e. The number of benzene rings is 2. The molecule has 0 N–H and O–H groups in total. The number of hydrogen-bond donors (Lipinski definition) is 0. The van der Waals surface area contributed by atoms with Crippen molar-refractivity contribution in [3.8, 4) is 0 Å². The number of rotatable bonds is 2. The van der Waals surface area contributed by atoms with Crippen LogP contribution >= 0.6 is 11.6 Å². The maximum absolute atomic E-state index is 13.1. The van der Waals surface area contributed by atoms with Gasteiger partial charge in [0.05, 0.1) is 16.9 Å². The molecule has 0 saturated heterocycles. The fourth-order valence-corrected chi connectivity index (χ4v) is 2.01. The SMILES string of the molecule is Fc1cccc(/N=N/c2ccnc3cc(Cl)ccc23)c1. The van der Waals surface area contributed by atoms with E-state index in [2.05, 4.69) is 15.2 Å². The van der Waals surface area contributed by atoms with Gasteiger partial charge in [0.1, 0.15) is 5.82 Å². The summed E-state index contributed by atoms with van der Waals surface area (Å²) in [5.41, 5.74) is 1.87. The van der Waals surface area contributed by atoms with E-state index < -0.39 is 0 Å². The standard InChI is InChI=1S/C15H9ClFN3/c16-10-4-5-13-14(6-7-18-15(13)8-10)20-19-12-3-1-2-11(17)9-12/h1-9H/b20-19+. The van der Waals surface area contributed by atoms with Crippen molar-refractivity contribution in [3.63, 3.8) is 0 Å². The third-order valence-corrected chi connectivity index (χ3v) is 3.00. The molecule has 0 atom stereocenters. The molecule has 2 aromatic carbocycles. The lowest BCUT2D eigenvalue weighted by Gasteiger charge is -2.00. The predicted molar refractivity (Wildman–Crippen MR) is 77.3 cm³/mol. The summed E-state index contributed by atoms with van der Waals surface area (Å²) in [4.78, 5) is 4.23. The fourth-order valence-electron chi connectivity index (χ4n) is 1.84. The average Bonchev–Trinajstić information content (AvgIpc) is 2.44. The zero-order valence-corrected chi connectivity index (χ0v) is 11.0. The van der Waals surface area contributed by atoms with Crippen molar-refractivity contribution in [1.29, 1.82) is 0 Å². The van der Waals surface area contributed by atoms with Gasteiger partial charge in [-0.15, -0.1) is 5.11 Å². The average molecular weight is 286 g/mol. The zero-order chi connectivity index (χ0) is 13.9. The van der Waals surface area contributed by atoms with Crippen molar-refractivity contribution >= 4 is 33.9 Å². The summed E-state index contributed by atoms with van der Waals surface area (Å²) in [5, 5.41) is 9.64. The molecular weight excluding hydrogens is 277 g/mol. The van der Waals surface area contributed by atoms with Gasteiger partial charge in [-0.25, -0.2) is 4.39 Å². The minimum Gasteiger partial charge on any atom is -0.256 e. The number of fused-ring (bicyclic) bond motifs is 1. The first-order chi connectivity index (χ1) is 9.72. The van der Waals surface area contributed by atoms with E-state index in [4.69, 9.17) is 11.6 Å². The highest BCUT2D eigenvalue weighted by molar-refractivity contribution is 6.31. The zero-order valence-electron chi connectivity index (χ0n) is 10.3. The Labute approximate surface area is 119 Å². The molecule has 1 aromatic heterocycles. The van der Waals surface area contributed by atoms with E-state index in [1.165, 1.54) is 12.1 Å². The van der Waals surface area contributed by atoms with Crippen LogP contribution in [0.5, 0.6) is 0 Å². The minimum absolute atomic E-state index is 0.340. The van der Waals surface area contributed by atoms with E-state index >= 15 is 0 Å². The summed E-state index contributed by atoms with van der Waals surface area (Å²) in [6.07, 6.45) is 1.64. The molecule has 0 saturated carbocycles. The topological polar surface area (TPSA) is 37.6 Å². The Hall–Kier alpha value is -2.33. The highest BCUT2D eigenvalue weighted by Gasteiger charge is 2.02. The Bertz CT molecular complexity index is 802. The first kappa shape index (κ1) is 12.7. The molecule has 0 aliphatic rings. The number of hydrogen-bond acceptors (Lipinski definition) is 3. The number of aromatic nitrogens is 1. The van der Waals surface area contributed by atoms with Crippen LogP contribution < -0.4 is 0 Å². The van der Waals surface area contributed by atoms with Crippen LogP contribution in [0.1, 0.15) is 0 Å². The summed E-state index contributed by atoms with van der Waals surface area (Å²) in [6.45, 7) is 0. The Morgan fingerprint density at radius 1 is 1.00 bits per heavy atom. The van der Waals surface area contributed by atoms with Gasteiger partial charge in [-0.2, -0.15) is 5.11 Å². The van der Waals surface area contributed by atoms with Gasteiger partial charge >= 0.3 is 0 Å². The maximum Gasteiger partial charge on any atom is 0.125 e. The Morgan fingerprint density at radius 2 is 1.90 bits per heavy atom. The van der Waals surface area contributed by atoms with Gasteiger partial charge in [-0.05, 0) is 36.4 Å². The summed E-state index contributed by atoms with van der Waals surface area (Å²) < 4.78 is 13.1. The van der Waals surface area contributed by atoms with Gasteiger partial charge in [-0.3, -0.25) is 4.98 Å². The first-order valence-electron chi connectivity index (χ1n) is 5.94. The highest BCUT2D eigenvalue weighted by atomic mass is 35.5. The maximum atomic E-state index is 13.1. The van der Waals surface area contributed by atoms with E-state index in [0.717, 1.165) is 10.9 Å². The second kappa shape index (κ2) is 5.35. The normalized spacial score (nSPS) is 11.3. The molecule has 0 spiro atoms. The van der Waals surface area contributed by atoms with Crippen molar-refractivity contribution in [3.05, 3.63) is 65.6 Å². The molecule has 0 amide bonds. The van der Waals surface area contributed by atoms with Crippen LogP contribution in [0.4, 0.5) is 15.8 Å². The molecule has 0 radical (unpaired) electrons. The molecule has 5 heteroatoms. The smallest absolute Gasteiger partial charge is 0.125 e. The molecule has 0 aliphatic carbocycles. The molecular formula is C15H9ClFN3. The van der Waals surface area contributed by atoms with Crippen LogP contribution in [0.25, 0.3) is 10.9 Å². The van der Waals surface area contributed by atoms with Crippen LogP contribution in [0.2, 0.25) is 5.02 Å². The number of nitrogens with zero attached hydrogens (tertiary/aromatic N) is 3. The van der Waals surface area contributed by atoms with Crippen LogP contribution in [0.3, 0.4) is 0 Å². The molecule has 98 valence electrons. The first-order valence-corrected chi connectivity index (χ1v) is 6.32. The molecule has 3 nitrogen and oxygen atoms in total. The van der Waals surface area contributed by atoms with Crippen LogP contribution in [0.15, 0.2) is 65.0 Å². The third kappa shape index (κ3) is 2.65. The molecule has 0 bridgehead atoms. The van der Waals surface area contributed by atoms with Crippen molar-refractivity contribution in [1.82, 2.24) is 4.98 Å². The van der Waals surface area contributed by atoms with Gasteiger partial charge < -0.3 is 0 Å². The van der Waals surface area contributed by atoms with Gasteiger partial charge in [0, 0.05) is 22.7 Å². The van der Waals surface area contributed by atoms with Gasteiger partial charge in [0.15, 0.2) is 0 Å². The Balaban J connectivity index is 2.02. The van der Waals surface area contributed by atoms with Crippen molar-refractivity contribution in [2.24, 2.45) is 10.2 Å². The lowest BCUT2D eigenvalue weighted by atomic mass is 10.2.